The predicted molar refractivity (Wildman–Crippen MR) is 112 cm³/mol. The Morgan fingerprint density at radius 2 is 1.15 bits per heavy atom. The first-order valence-electron chi connectivity index (χ1n) is 9.30. The topological polar surface area (TPSA) is 15.6 Å². The molecule has 26 heavy (non-hydrogen) atoms. The lowest BCUT2D eigenvalue weighted by atomic mass is 10.1. The van der Waals surface area contributed by atoms with Crippen molar-refractivity contribution in [2.24, 2.45) is 5.10 Å². The van der Waals surface area contributed by atoms with E-state index in [1.54, 1.807) is 0 Å². The summed E-state index contributed by atoms with van der Waals surface area (Å²) in [6.45, 7) is 6.41. The molecule has 0 saturated carbocycles. The minimum absolute atomic E-state index is 0.990. The summed E-state index contributed by atoms with van der Waals surface area (Å²) in [7, 11) is 0. The third-order valence-corrected chi connectivity index (χ3v) is 4.62. The maximum Gasteiger partial charge on any atom is 0.0655 e. The van der Waals surface area contributed by atoms with Crippen molar-refractivity contribution in [2.45, 2.75) is 33.6 Å². The summed E-state index contributed by atoms with van der Waals surface area (Å²) in [5.41, 5.74) is 6.93. The van der Waals surface area contributed by atoms with Gasteiger partial charge in [-0.2, -0.15) is 5.10 Å². The lowest BCUT2D eigenvalue weighted by Gasteiger charge is -2.21. The molecular weight excluding hydrogens is 316 g/mol. The predicted octanol–water partition coefficient (Wildman–Crippen LogP) is 6.37. The normalized spacial score (nSPS) is 11.4. The maximum atomic E-state index is 4.95. The van der Waals surface area contributed by atoms with Crippen molar-refractivity contribution in [2.75, 3.05) is 5.01 Å². The molecule has 132 valence electrons. The van der Waals surface area contributed by atoms with Crippen LogP contribution in [0, 0.1) is 0 Å². The molecule has 0 amide bonds. The molecule has 0 fully saturated rings. The standard InChI is InChI=1S/C24H26N2/c1-4-20-11-15-23(16-12-20)26(24-17-13-21(5-2)14-18-24)25-19(3)22-9-7-6-8-10-22/h6-18H,4-5H2,1-3H3/b25-19+. The number of benzene rings is 3. The van der Waals surface area contributed by atoms with Crippen molar-refractivity contribution in [1.82, 2.24) is 0 Å². The average molecular weight is 342 g/mol. The van der Waals surface area contributed by atoms with Gasteiger partial charge in [0.05, 0.1) is 17.1 Å². The van der Waals surface area contributed by atoms with Crippen LogP contribution in [0.15, 0.2) is 84.0 Å². The van der Waals surface area contributed by atoms with Gasteiger partial charge in [0.25, 0.3) is 0 Å². The Balaban J connectivity index is 2.02. The van der Waals surface area contributed by atoms with Crippen LogP contribution in [0.25, 0.3) is 0 Å². The quantitative estimate of drug-likeness (QED) is 0.375. The first-order chi connectivity index (χ1) is 12.7. The Hall–Kier alpha value is -2.87. The number of nitrogens with zero attached hydrogens (tertiary/aromatic N) is 2. The second-order valence-electron chi connectivity index (χ2n) is 6.40. The fourth-order valence-electron chi connectivity index (χ4n) is 2.90. The Bertz CT molecular complexity index is 799. The van der Waals surface area contributed by atoms with Gasteiger partial charge in [0.2, 0.25) is 0 Å². The molecule has 0 radical (unpaired) electrons. The third-order valence-electron chi connectivity index (χ3n) is 4.62. The number of hydrazone groups is 1. The highest BCUT2D eigenvalue weighted by Crippen LogP contribution is 2.27. The number of hydrogen-bond acceptors (Lipinski definition) is 2. The Morgan fingerprint density at radius 3 is 1.58 bits per heavy atom. The summed E-state index contributed by atoms with van der Waals surface area (Å²) in [6, 6.07) is 27.6. The van der Waals surface area contributed by atoms with Gasteiger partial charge >= 0.3 is 0 Å². The monoisotopic (exact) mass is 342 g/mol. The van der Waals surface area contributed by atoms with E-state index in [4.69, 9.17) is 5.10 Å². The lowest BCUT2D eigenvalue weighted by Crippen LogP contribution is -2.12. The van der Waals surface area contributed by atoms with Crippen LogP contribution in [0.5, 0.6) is 0 Å². The van der Waals surface area contributed by atoms with Gasteiger partial charge in [-0.15, -0.1) is 0 Å². The zero-order chi connectivity index (χ0) is 18.4. The van der Waals surface area contributed by atoms with Crippen molar-refractivity contribution in [3.05, 3.63) is 95.6 Å². The van der Waals surface area contributed by atoms with E-state index in [0.717, 1.165) is 35.5 Å². The second-order valence-corrected chi connectivity index (χ2v) is 6.40. The average Bonchev–Trinajstić information content (AvgIpc) is 2.73. The van der Waals surface area contributed by atoms with Crippen LogP contribution < -0.4 is 5.01 Å². The molecule has 0 bridgehead atoms. The molecular formula is C24H26N2. The van der Waals surface area contributed by atoms with Gasteiger partial charge in [-0.05, 0) is 60.7 Å². The van der Waals surface area contributed by atoms with Gasteiger partial charge in [-0.1, -0.05) is 68.4 Å². The van der Waals surface area contributed by atoms with Gasteiger partial charge in [0.15, 0.2) is 0 Å². The molecule has 0 N–H and O–H groups in total. The van der Waals surface area contributed by atoms with Gasteiger partial charge in [-0.25, -0.2) is 5.01 Å². The zero-order valence-corrected chi connectivity index (χ0v) is 15.8. The van der Waals surface area contributed by atoms with E-state index >= 15 is 0 Å². The van der Waals surface area contributed by atoms with E-state index in [0.29, 0.717) is 0 Å². The van der Waals surface area contributed by atoms with E-state index in [-0.39, 0.29) is 0 Å². The molecule has 0 unspecified atom stereocenters. The lowest BCUT2D eigenvalue weighted by molar-refractivity contribution is 1.06. The smallest absolute Gasteiger partial charge is 0.0655 e. The molecule has 3 aromatic carbocycles. The maximum absolute atomic E-state index is 4.95. The van der Waals surface area contributed by atoms with Crippen LogP contribution in [-0.4, -0.2) is 5.71 Å². The molecule has 3 rings (SSSR count). The molecule has 2 heteroatoms. The van der Waals surface area contributed by atoms with Crippen LogP contribution in [-0.2, 0) is 12.8 Å². The Kier molecular flexibility index (Phi) is 5.85. The summed E-state index contributed by atoms with van der Waals surface area (Å²) >= 11 is 0. The van der Waals surface area contributed by atoms with Crippen molar-refractivity contribution in [1.29, 1.82) is 0 Å². The van der Waals surface area contributed by atoms with E-state index in [2.05, 4.69) is 81.4 Å². The molecule has 0 aromatic heterocycles. The van der Waals surface area contributed by atoms with Crippen molar-refractivity contribution >= 4 is 17.1 Å². The molecule has 0 aliphatic heterocycles. The molecule has 3 aromatic rings. The zero-order valence-electron chi connectivity index (χ0n) is 15.8. The number of anilines is 2. The highest BCUT2D eigenvalue weighted by molar-refractivity contribution is 5.99. The summed E-state index contributed by atoms with van der Waals surface area (Å²) < 4.78 is 0. The van der Waals surface area contributed by atoms with Crippen LogP contribution >= 0.6 is 0 Å². The summed E-state index contributed by atoms with van der Waals surface area (Å²) in [6.07, 6.45) is 2.08. The van der Waals surface area contributed by atoms with Crippen LogP contribution in [0.4, 0.5) is 11.4 Å². The van der Waals surface area contributed by atoms with Crippen molar-refractivity contribution in [3.63, 3.8) is 0 Å². The third kappa shape index (κ3) is 4.20. The number of hydrogen-bond donors (Lipinski definition) is 0. The van der Waals surface area contributed by atoms with E-state index in [1.165, 1.54) is 11.1 Å². The number of rotatable bonds is 6. The Morgan fingerprint density at radius 1 is 0.692 bits per heavy atom. The molecule has 0 heterocycles. The van der Waals surface area contributed by atoms with Crippen molar-refractivity contribution < 1.29 is 0 Å². The van der Waals surface area contributed by atoms with Crippen molar-refractivity contribution in [3.8, 4) is 0 Å². The highest BCUT2D eigenvalue weighted by Gasteiger charge is 2.10. The van der Waals surface area contributed by atoms with Gasteiger partial charge in [-0.3, -0.25) is 0 Å². The molecule has 2 nitrogen and oxygen atoms in total. The largest absolute Gasteiger partial charge is 0.234 e. The minimum atomic E-state index is 0.990. The first-order valence-corrected chi connectivity index (χ1v) is 9.30. The minimum Gasteiger partial charge on any atom is -0.234 e. The van der Waals surface area contributed by atoms with E-state index in [1.807, 2.05) is 23.2 Å². The fourth-order valence-corrected chi connectivity index (χ4v) is 2.90. The Labute approximate surface area is 156 Å². The molecule has 0 spiro atoms. The molecule has 0 aliphatic rings. The van der Waals surface area contributed by atoms with E-state index < -0.39 is 0 Å². The van der Waals surface area contributed by atoms with Gasteiger partial charge < -0.3 is 0 Å². The molecule has 0 aliphatic carbocycles. The molecule has 0 atom stereocenters. The molecule has 0 saturated heterocycles. The van der Waals surface area contributed by atoms with Gasteiger partial charge in [0, 0.05) is 0 Å². The number of aryl methyl sites for hydroxylation is 2. The van der Waals surface area contributed by atoms with Crippen LogP contribution in [0.1, 0.15) is 37.5 Å². The van der Waals surface area contributed by atoms with Crippen LogP contribution in [0.2, 0.25) is 0 Å². The highest BCUT2D eigenvalue weighted by atomic mass is 15.5. The van der Waals surface area contributed by atoms with E-state index in [9.17, 15) is 0 Å². The summed E-state index contributed by atoms with van der Waals surface area (Å²) in [5.74, 6) is 0. The SMILES string of the molecule is CCc1ccc(N(/N=C(\C)c2ccccc2)c2ccc(CC)cc2)cc1. The summed E-state index contributed by atoms with van der Waals surface area (Å²) in [5, 5.41) is 6.98. The summed E-state index contributed by atoms with van der Waals surface area (Å²) in [4.78, 5) is 0. The van der Waals surface area contributed by atoms with Gasteiger partial charge in [0.1, 0.15) is 0 Å². The second kappa shape index (κ2) is 8.48. The first kappa shape index (κ1) is 17.9. The van der Waals surface area contributed by atoms with Crippen LogP contribution in [0.3, 0.4) is 0 Å². The fraction of sp³-hybridized carbons (Fsp3) is 0.208.